The second-order valence-corrected chi connectivity index (χ2v) is 6.30. The van der Waals surface area contributed by atoms with Gasteiger partial charge in [0.25, 0.3) is 5.91 Å². The summed E-state index contributed by atoms with van der Waals surface area (Å²) in [6.07, 6.45) is 1.55. The molecule has 6 nitrogen and oxygen atoms in total. The van der Waals surface area contributed by atoms with Gasteiger partial charge in [0.2, 0.25) is 0 Å². The molecule has 0 saturated carbocycles. The summed E-state index contributed by atoms with van der Waals surface area (Å²) in [5, 5.41) is 11.5. The molecular formula is C14H13BrN2O4. The van der Waals surface area contributed by atoms with E-state index in [0.717, 1.165) is 20.5 Å². The van der Waals surface area contributed by atoms with E-state index in [1.165, 1.54) is 0 Å². The first-order chi connectivity index (χ1) is 9.91. The number of carboxylic acid groups (broad SMARTS) is 1. The fraction of sp³-hybridized carbons (Fsp3) is 0.357. The van der Waals surface area contributed by atoms with Gasteiger partial charge in [-0.05, 0) is 36.1 Å². The second-order valence-electron chi connectivity index (χ2n) is 5.39. The van der Waals surface area contributed by atoms with Crippen LogP contribution in [0.3, 0.4) is 0 Å². The van der Waals surface area contributed by atoms with E-state index in [4.69, 9.17) is 5.11 Å². The highest BCUT2D eigenvalue weighted by molar-refractivity contribution is 9.10. The van der Waals surface area contributed by atoms with Crippen LogP contribution in [0.15, 0.2) is 22.7 Å². The van der Waals surface area contributed by atoms with Crippen molar-refractivity contribution in [1.82, 2.24) is 10.2 Å². The lowest BCUT2D eigenvalue weighted by molar-refractivity contribution is -0.143. The molecule has 0 aromatic heterocycles. The minimum absolute atomic E-state index is 0.399. The van der Waals surface area contributed by atoms with Gasteiger partial charge >= 0.3 is 12.0 Å². The SMILES string of the molecule is O=C(O)CN1C(=O)NC2(CCc3cc(Br)ccc3C2)C1=O. The molecule has 1 unspecified atom stereocenters. The van der Waals surface area contributed by atoms with Gasteiger partial charge in [-0.25, -0.2) is 4.79 Å². The van der Waals surface area contributed by atoms with Crippen molar-refractivity contribution in [2.75, 3.05) is 6.54 Å². The highest BCUT2D eigenvalue weighted by Gasteiger charge is 2.52. The molecule has 1 spiro atoms. The maximum Gasteiger partial charge on any atom is 0.325 e. The molecular weight excluding hydrogens is 340 g/mol. The number of nitrogens with one attached hydrogen (secondary N) is 1. The molecule has 1 aromatic carbocycles. The van der Waals surface area contributed by atoms with Crippen LogP contribution in [0.2, 0.25) is 0 Å². The first-order valence-corrected chi connectivity index (χ1v) is 7.34. The number of carboxylic acids is 1. The van der Waals surface area contributed by atoms with Gasteiger partial charge in [0, 0.05) is 10.9 Å². The molecule has 1 heterocycles. The summed E-state index contributed by atoms with van der Waals surface area (Å²) in [4.78, 5) is 35.9. The predicted molar refractivity (Wildman–Crippen MR) is 76.8 cm³/mol. The van der Waals surface area contributed by atoms with Crippen molar-refractivity contribution < 1.29 is 19.5 Å². The van der Waals surface area contributed by atoms with Gasteiger partial charge in [0.05, 0.1) is 0 Å². The van der Waals surface area contributed by atoms with Crippen molar-refractivity contribution in [3.8, 4) is 0 Å². The van der Waals surface area contributed by atoms with Crippen LogP contribution in [-0.4, -0.2) is 40.0 Å². The van der Waals surface area contributed by atoms with E-state index in [-0.39, 0.29) is 0 Å². The zero-order chi connectivity index (χ0) is 15.2. The van der Waals surface area contributed by atoms with Crippen LogP contribution in [0.1, 0.15) is 17.5 Å². The van der Waals surface area contributed by atoms with Crippen molar-refractivity contribution >= 4 is 33.8 Å². The zero-order valence-electron chi connectivity index (χ0n) is 11.1. The quantitative estimate of drug-likeness (QED) is 0.785. The van der Waals surface area contributed by atoms with Crippen LogP contribution in [0.25, 0.3) is 0 Å². The Morgan fingerprint density at radius 1 is 1.38 bits per heavy atom. The minimum atomic E-state index is -1.20. The number of aryl methyl sites for hydroxylation is 1. The molecule has 2 N–H and O–H groups in total. The Labute approximate surface area is 129 Å². The first kappa shape index (κ1) is 14.1. The number of rotatable bonds is 2. The highest BCUT2D eigenvalue weighted by atomic mass is 79.9. The van der Waals surface area contributed by atoms with Crippen molar-refractivity contribution in [3.05, 3.63) is 33.8 Å². The Hall–Kier alpha value is -1.89. The fourth-order valence-corrected chi connectivity index (χ4v) is 3.41. The van der Waals surface area contributed by atoms with Crippen LogP contribution in [-0.2, 0) is 22.4 Å². The number of urea groups is 1. The van der Waals surface area contributed by atoms with Crippen molar-refractivity contribution in [2.45, 2.75) is 24.8 Å². The summed E-state index contributed by atoms with van der Waals surface area (Å²) >= 11 is 3.41. The van der Waals surface area contributed by atoms with Crippen LogP contribution < -0.4 is 5.32 Å². The lowest BCUT2D eigenvalue weighted by Crippen LogP contribution is -2.51. The Kier molecular flexibility index (Phi) is 3.24. The molecule has 0 bridgehead atoms. The first-order valence-electron chi connectivity index (χ1n) is 6.54. The number of carbonyl (C=O) groups is 3. The van der Waals surface area contributed by atoms with Gasteiger partial charge in [-0.15, -0.1) is 0 Å². The Morgan fingerprint density at radius 3 is 2.86 bits per heavy atom. The Balaban J connectivity index is 1.90. The van der Waals surface area contributed by atoms with Gasteiger partial charge < -0.3 is 10.4 Å². The monoisotopic (exact) mass is 352 g/mol. The number of hydrogen-bond donors (Lipinski definition) is 2. The van der Waals surface area contributed by atoms with E-state index in [9.17, 15) is 14.4 Å². The zero-order valence-corrected chi connectivity index (χ0v) is 12.6. The van der Waals surface area contributed by atoms with Crippen LogP contribution in [0.5, 0.6) is 0 Å². The molecule has 110 valence electrons. The number of amides is 3. The van der Waals surface area contributed by atoms with Crippen LogP contribution >= 0.6 is 15.9 Å². The number of carbonyl (C=O) groups excluding carboxylic acids is 2. The summed E-state index contributed by atoms with van der Waals surface area (Å²) in [5.74, 6) is -1.64. The van der Waals surface area contributed by atoms with Gasteiger partial charge in [-0.3, -0.25) is 14.5 Å². The number of halogens is 1. The summed E-state index contributed by atoms with van der Waals surface area (Å²) in [6, 6.07) is 5.22. The van der Waals surface area contributed by atoms with E-state index < -0.39 is 30.0 Å². The van der Waals surface area contributed by atoms with Crippen molar-refractivity contribution in [2.24, 2.45) is 0 Å². The normalized spacial score (nSPS) is 24.1. The second kappa shape index (κ2) is 4.84. The maximum atomic E-state index is 12.5. The smallest absolute Gasteiger partial charge is 0.325 e. The molecule has 0 radical (unpaired) electrons. The fourth-order valence-electron chi connectivity index (χ4n) is 3.01. The van der Waals surface area contributed by atoms with Gasteiger partial charge in [0.1, 0.15) is 12.1 Å². The third-order valence-corrected chi connectivity index (χ3v) is 4.51. The number of fused-ring (bicyclic) bond motifs is 1. The molecule has 1 saturated heterocycles. The number of imide groups is 1. The molecule has 1 atom stereocenters. The third-order valence-electron chi connectivity index (χ3n) is 4.02. The number of hydrogen-bond acceptors (Lipinski definition) is 3. The Bertz CT molecular complexity index is 660. The highest BCUT2D eigenvalue weighted by Crippen LogP contribution is 2.34. The molecule has 1 fully saturated rings. The largest absolute Gasteiger partial charge is 0.480 e. The molecule has 21 heavy (non-hydrogen) atoms. The van der Waals surface area contributed by atoms with E-state index in [0.29, 0.717) is 19.3 Å². The van der Waals surface area contributed by atoms with E-state index >= 15 is 0 Å². The Morgan fingerprint density at radius 2 is 2.14 bits per heavy atom. The molecule has 1 aliphatic carbocycles. The molecule has 1 aliphatic heterocycles. The average Bonchev–Trinajstić information content (AvgIpc) is 2.63. The number of aliphatic carboxylic acids is 1. The van der Waals surface area contributed by atoms with Crippen LogP contribution in [0, 0.1) is 0 Å². The summed E-state index contributed by atoms with van der Waals surface area (Å²) in [6.45, 7) is -0.598. The van der Waals surface area contributed by atoms with E-state index in [1.54, 1.807) is 0 Å². The lowest BCUT2D eigenvalue weighted by Gasteiger charge is -2.32. The molecule has 3 amide bonds. The topological polar surface area (TPSA) is 86.7 Å². The molecule has 7 heteroatoms. The van der Waals surface area contributed by atoms with Crippen molar-refractivity contribution in [3.63, 3.8) is 0 Å². The third kappa shape index (κ3) is 2.31. The molecule has 3 rings (SSSR count). The van der Waals surface area contributed by atoms with E-state index in [2.05, 4.69) is 21.2 Å². The minimum Gasteiger partial charge on any atom is -0.480 e. The molecule has 1 aromatic rings. The summed E-state index contributed by atoms with van der Waals surface area (Å²) in [7, 11) is 0. The number of nitrogens with zero attached hydrogens (tertiary/aromatic N) is 1. The standard InChI is InChI=1S/C14H13BrN2O4/c15-10-2-1-9-6-14(4-3-8(9)5-10)12(20)17(7-11(18)19)13(21)16-14/h1-2,5H,3-4,6-7H2,(H,16,21)(H,18,19). The maximum absolute atomic E-state index is 12.5. The molecule has 2 aliphatic rings. The number of benzene rings is 1. The summed E-state index contributed by atoms with van der Waals surface area (Å²) in [5.41, 5.74) is 1.16. The lowest BCUT2D eigenvalue weighted by atomic mass is 9.78. The van der Waals surface area contributed by atoms with Gasteiger partial charge in [0.15, 0.2) is 0 Å². The van der Waals surface area contributed by atoms with Gasteiger partial charge in [-0.2, -0.15) is 0 Å². The van der Waals surface area contributed by atoms with Crippen molar-refractivity contribution in [1.29, 1.82) is 0 Å². The van der Waals surface area contributed by atoms with E-state index in [1.807, 2.05) is 18.2 Å². The van der Waals surface area contributed by atoms with Crippen LogP contribution in [0.4, 0.5) is 4.79 Å². The average molecular weight is 353 g/mol. The predicted octanol–water partition coefficient (Wildman–Crippen LogP) is 1.31. The van der Waals surface area contributed by atoms with Gasteiger partial charge in [-0.1, -0.05) is 22.0 Å². The summed E-state index contributed by atoms with van der Waals surface area (Å²) < 4.78 is 0.978.